The molecule has 1 aromatic rings. The summed E-state index contributed by atoms with van der Waals surface area (Å²) in [4.78, 5) is 23.1. The number of primary amides is 1. The van der Waals surface area contributed by atoms with Crippen molar-refractivity contribution in [3.63, 3.8) is 0 Å². The van der Waals surface area contributed by atoms with E-state index in [9.17, 15) is 9.59 Å². The SMILES string of the molecule is NOC(N)=O.Nc1cccc(C(=O)O)c1N. The van der Waals surface area contributed by atoms with Crippen LogP contribution >= 0.6 is 0 Å². The summed E-state index contributed by atoms with van der Waals surface area (Å²) in [6.07, 6.45) is -0.968. The van der Waals surface area contributed by atoms with Crippen LogP contribution in [-0.4, -0.2) is 17.2 Å². The zero-order valence-corrected chi connectivity index (χ0v) is 8.21. The molecule has 0 radical (unpaired) electrons. The first-order chi connectivity index (χ1) is 7.40. The van der Waals surface area contributed by atoms with Crippen molar-refractivity contribution in [2.24, 2.45) is 11.6 Å². The lowest BCUT2D eigenvalue weighted by Crippen LogP contribution is -2.16. The lowest BCUT2D eigenvalue weighted by atomic mass is 10.1. The van der Waals surface area contributed by atoms with Gasteiger partial charge < -0.3 is 27.1 Å². The van der Waals surface area contributed by atoms with Gasteiger partial charge in [-0.3, -0.25) is 0 Å². The maximum absolute atomic E-state index is 10.4. The van der Waals surface area contributed by atoms with Crippen LogP contribution in [0.15, 0.2) is 18.2 Å². The summed E-state index contributed by atoms with van der Waals surface area (Å²) < 4.78 is 0. The summed E-state index contributed by atoms with van der Waals surface area (Å²) in [5, 5.41) is 8.55. The molecule has 1 rings (SSSR count). The number of carbonyl (C=O) groups is 2. The van der Waals surface area contributed by atoms with Crippen molar-refractivity contribution < 1.29 is 19.5 Å². The molecule has 0 unspecified atom stereocenters. The number of hydrogen-bond acceptors (Lipinski definition) is 6. The van der Waals surface area contributed by atoms with Gasteiger partial charge in [-0.25, -0.2) is 9.59 Å². The molecule has 1 aromatic carbocycles. The Morgan fingerprint density at radius 3 is 2.06 bits per heavy atom. The fourth-order valence-corrected chi connectivity index (χ4v) is 0.770. The van der Waals surface area contributed by atoms with Crippen LogP contribution in [0.4, 0.5) is 16.2 Å². The molecule has 9 N–H and O–H groups in total. The topological polar surface area (TPSA) is 168 Å². The number of nitrogen functional groups attached to an aromatic ring is 2. The van der Waals surface area contributed by atoms with Gasteiger partial charge in [0.25, 0.3) is 0 Å². The number of carbonyl (C=O) groups excluding carboxylic acids is 1. The first-order valence-corrected chi connectivity index (χ1v) is 3.93. The molecule has 88 valence electrons. The van der Waals surface area contributed by atoms with Crippen LogP contribution in [0.3, 0.4) is 0 Å². The quantitative estimate of drug-likeness (QED) is 0.319. The number of para-hydroxylation sites is 1. The lowest BCUT2D eigenvalue weighted by molar-refractivity contribution is 0.0698. The Kier molecular flexibility index (Phi) is 5.14. The van der Waals surface area contributed by atoms with Crippen molar-refractivity contribution in [1.82, 2.24) is 0 Å². The van der Waals surface area contributed by atoms with Gasteiger partial charge in [0.1, 0.15) is 0 Å². The van der Waals surface area contributed by atoms with Gasteiger partial charge >= 0.3 is 12.1 Å². The molecule has 8 nitrogen and oxygen atoms in total. The largest absolute Gasteiger partial charge is 0.478 e. The van der Waals surface area contributed by atoms with Crippen molar-refractivity contribution in [3.05, 3.63) is 23.8 Å². The van der Waals surface area contributed by atoms with Gasteiger partial charge in [0, 0.05) is 0 Å². The average molecular weight is 228 g/mol. The Bertz CT molecular complexity index is 394. The zero-order chi connectivity index (χ0) is 12.7. The number of anilines is 2. The number of amides is 1. The van der Waals surface area contributed by atoms with Gasteiger partial charge in [-0.05, 0) is 12.1 Å². The third-order valence-corrected chi connectivity index (χ3v) is 1.49. The highest BCUT2D eigenvalue weighted by atomic mass is 16.7. The Balaban J connectivity index is 0.000000385. The molecule has 0 fully saturated rings. The van der Waals surface area contributed by atoms with Gasteiger partial charge in [-0.15, -0.1) is 0 Å². The van der Waals surface area contributed by atoms with E-state index >= 15 is 0 Å². The molecule has 0 saturated carbocycles. The summed E-state index contributed by atoms with van der Waals surface area (Å²) in [7, 11) is 0. The van der Waals surface area contributed by atoms with E-state index in [0.717, 1.165) is 0 Å². The second-order valence-corrected chi connectivity index (χ2v) is 2.55. The first kappa shape index (κ1) is 13.5. The predicted molar refractivity (Wildman–Crippen MR) is 57.1 cm³/mol. The van der Waals surface area contributed by atoms with E-state index in [2.05, 4.69) is 16.5 Å². The highest BCUT2D eigenvalue weighted by molar-refractivity contribution is 5.96. The fraction of sp³-hybridized carbons (Fsp3) is 0. The first-order valence-electron chi connectivity index (χ1n) is 3.93. The standard InChI is InChI=1S/C7H8N2O2.CH4N2O2/c8-5-3-1-2-4(6(5)9)7(10)11;2-1(4)5-3/h1-3H,8-9H2,(H,10,11);3H2,(H2,2,4). The molecule has 8 heteroatoms. The number of carboxylic acid groups (broad SMARTS) is 1. The maximum Gasteiger partial charge on any atom is 0.423 e. The fourth-order valence-electron chi connectivity index (χ4n) is 0.770. The third kappa shape index (κ3) is 4.15. The molecular formula is C8H12N4O4. The molecule has 0 saturated heterocycles. The second kappa shape index (κ2) is 6.09. The molecule has 0 aliphatic rings. The van der Waals surface area contributed by atoms with E-state index in [1.807, 2.05) is 0 Å². The normalized spacial score (nSPS) is 8.56. The van der Waals surface area contributed by atoms with Crippen LogP contribution in [0.25, 0.3) is 0 Å². The van der Waals surface area contributed by atoms with Gasteiger partial charge in [0.2, 0.25) is 0 Å². The number of carboxylic acids is 1. The van der Waals surface area contributed by atoms with Crippen molar-refractivity contribution in [1.29, 1.82) is 0 Å². The van der Waals surface area contributed by atoms with Gasteiger partial charge in [-0.2, -0.15) is 5.90 Å². The Hall–Kier alpha value is -2.48. The van der Waals surface area contributed by atoms with Gasteiger partial charge in [-0.1, -0.05) is 6.07 Å². The van der Waals surface area contributed by atoms with Crippen LogP contribution in [0.2, 0.25) is 0 Å². The van der Waals surface area contributed by atoms with E-state index in [1.165, 1.54) is 6.07 Å². The molecular weight excluding hydrogens is 216 g/mol. The van der Waals surface area contributed by atoms with E-state index in [-0.39, 0.29) is 11.3 Å². The van der Waals surface area contributed by atoms with Gasteiger partial charge in [0.15, 0.2) is 0 Å². The van der Waals surface area contributed by atoms with E-state index < -0.39 is 12.1 Å². The van der Waals surface area contributed by atoms with Crippen LogP contribution in [0.1, 0.15) is 10.4 Å². The third-order valence-electron chi connectivity index (χ3n) is 1.49. The minimum absolute atomic E-state index is 0.0463. The molecule has 0 aliphatic heterocycles. The lowest BCUT2D eigenvalue weighted by Gasteiger charge is -2.01. The Morgan fingerprint density at radius 1 is 1.25 bits per heavy atom. The molecule has 0 aromatic heterocycles. The van der Waals surface area contributed by atoms with Crippen LogP contribution in [0.5, 0.6) is 0 Å². The van der Waals surface area contributed by atoms with Crippen LogP contribution in [-0.2, 0) is 4.84 Å². The number of aromatic carboxylic acids is 1. The van der Waals surface area contributed by atoms with E-state index in [0.29, 0.717) is 5.69 Å². The smallest absolute Gasteiger partial charge is 0.423 e. The maximum atomic E-state index is 10.4. The number of benzene rings is 1. The molecule has 0 atom stereocenters. The summed E-state index contributed by atoms with van der Waals surface area (Å²) in [5.74, 6) is 3.14. The van der Waals surface area contributed by atoms with Crippen LogP contribution in [0, 0.1) is 0 Å². The van der Waals surface area contributed by atoms with E-state index in [4.69, 9.17) is 16.6 Å². The van der Waals surface area contributed by atoms with Gasteiger partial charge in [0.05, 0.1) is 16.9 Å². The highest BCUT2D eigenvalue weighted by Crippen LogP contribution is 2.18. The average Bonchev–Trinajstić information content (AvgIpc) is 2.22. The monoisotopic (exact) mass is 228 g/mol. The predicted octanol–water partition coefficient (Wildman–Crippen LogP) is -0.495. The highest BCUT2D eigenvalue weighted by Gasteiger charge is 2.07. The Morgan fingerprint density at radius 2 is 1.75 bits per heavy atom. The molecule has 1 amide bonds. The minimum Gasteiger partial charge on any atom is -0.478 e. The number of nitrogens with two attached hydrogens (primary N) is 4. The van der Waals surface area contributed by atoms with Crippen molar-refractivity contribution in [2.75, 3.05) is 11.5 Å². The molecule has 0 heterocycles. The van der Waals surface area contributed by atoms with E-state index in [1.54, 1.807) is 12.1 Å². The Labute approximate surface area is 90.7 Å². The summed E-state index contributed by atoms with van der Waals surface area (Å²) in [5.41, 5.74) is 15.5. The summed E-state index contributed by atoms with van der Waals surface area (Å²) in [6, 6.07) is 4.52. The molecule has 0 bridgehead atoms. The summed E-state index contributed by atoms with van der Waals surface area (Å²) >= 11 is 0. The van der Waals surface area contributed by atoms with Crippen molar-refractivity contribution in [2.45, 2.75) is 0 Å². The summed E-state index contributed by atoms with van der Waals surface area (Å²) in [6.45, 7) is 0. The molecule has 0 aliphatic carbocycles. The second-order valence-electron chi connectivity index (χ2n) is 2.55. The molecule has 0 spiro atoms. The zero-order valence-electron chi connectivity index (χ0n) is 8.21. The minimum atomic E-state index is -1.06. The van der Waals surface area contributed by atoms with Crippen molar-refractivity contribution >= 4 is 23.4 Å². The van der Waals surface area contributed by atoms with Crippen LogP contribution < -0.4 is 23.1 Å². The molecule has 16 heavy (non-hydrogen) atoms. The number of rotatable bonds is 1. The number of hydrogen-bond donors (Lipinski definition) is 5. The van der Waals surface area contributed by atoms with Crippen molar-refractivity contribution in [3.8, 4) is 0 Å².